The zero-order valence-electron chi connectivity index (χ0n) is 25.6. The summed E-state index contributed by atoms with van der Waals surface area (Å²) >= 11 is 0. The van der Waals surface area contributed by atoms with E-state index in [2.05, 4.69) is 27.2 Å². The van der Waals surface area contributed by atoms with Crippen molar-refractivity contribution < 1.29 is 18.7 Å². The molecule has 0 saturated carbocycles. The fourth-order valence-corrected chi connectivity index (χ4v) is 6.01. The minimum atomic E-state index is -0.402. The van der Waals surface area contributed by atoms with Crippen LogP contribution in [0.25, 0.3) is 22.5 Å². The molecule has 4 heterocycles. The molecule has 1 amide bonds. The fourth-order valence-electron chi connectivity index (χ4n) is 6.01. The fraction of sp³-hybridized carbons (Fsp3) is 0.500. The predicted octanol–water partition coefficient (Wildman–Crippen LogP) is 6.06. The summed E-state index contributed by atoms with van der Waals surface area (Å²) in [4.78, 5) is 41.1. The first-order valence-electron chi connectivity index (χ1n) is 15.5. The Hall–Kier alpha value is -3.85. The molecule has 2 aliphatic rings. The summed E-state index contributed by atoms with van der Waals surface area (Å²) in [5.41, 5.74) is 3.49. The smallest absolute Gasteiger partial charge is 0.265 e. The van der Waals surface area contributed by atoms with Crippen LogP contribution in [0, 0.1) is 5.41 Å². The first kappa shape index (κ1) is 30.6. The zero-order valence-corrected chi connectivity index (χ0v) is 25.6. The summed E-state index contributed by atoms with van der Waals surface area (Å²) in [7, 11) is 3.78. The van der Waals surface area contributed by atoms with E-state index in [1.54, 1.807) is 19.5 Å². The van der Waals surface area contributed by atoms with Gasteiger partial charge in [0.25, 0.3) is 5.91 Å². The minimum Gasteiger partial charge on any atom is -0.496 e. The number of amides is 1. The lowest BCUT2D eigenvalue weighted by Crippen LogP contribution is -2.40. The molecule has 2 aliphatic heterocycles. The lowest BCUT2D eigenvalue weighted by Gasteiger charge is -2.37. The first-order valence-corrected chi connectivity index (χ1v) is 15.5. The topological polar surface area (TPSA) is 110 Å². The van der Waals surface area contributed by atoms with Crippen LogP contribution in [0.2, 0.25) is 0 Å². The molecule has 1 saturated heterocycles. The monoisotopic (exact) mass is 585 g/mol. The Morgan fingerprint density at radius 3 is 2.70 bits per heavy atom. The quantitative estimate of drug-likeness (QED) is 0.243. The highest BCUT2D eigenvalue weighted by atomic mass is 16.5. The summed E-state index contributed by atoms with van der Waals surface area (Å²) in [6.45, 7) is 4.70. The third-order valence-electron chi connectivity index (χ3n) is 8.89. The SMILES string of the molecule is CCC(=O)CCCCC[C@H](NC(=O)C1=NCC2(CCN(C)CC2)C1)c1ncc(-c2ccc(-c3cccnc3)cc2OC)o1. The van der Waals surface area contributed by atoms with Crippen molar-refractivity contribution >= 4 is 17.4 Å². The second-order valence-electron chi connectivity index (χ2n) is 12.0. The Labute approximate surface area is 254 Å². The van der Waals surface area contributed by atoms with E-state index in [4.69, 9.17) is 14.1 Å². The summed E-state index contributed by atoms with van der Waals surface area (Å²) in [6.07, 6.45) is 12.5. The number of rotatable bonds is 13. The van der Waals surface area contributed by atoms with E-state index in [9.17, 15) is 9.59 Å². The van der Waals surface area contributed by atoms with Crippen molar-refractivity contribution in [2.75, 3.05) is 33.8 Å². The van der Waals surface area contributed by atoms with E-state index < -0.39 is 6.04 Å². The summed E-state index contributed by atoms with van der Waals surface area (Å²) in [6, 6.07) is 9.42. The van der Waals surface area contributed by atoms with Gasteiger partial charge in [0.1, 0.15) is 23.3 Å². The van der Waals surface area contributed by atoms with E-state index in [-0.39, 0.29) is 17.1 Å². The molecule has 228 valence electrons. The van der Waals surface area contributed by atoms with Gasteiger partial charge in [0.15, 0.2) is 5.76 Å². The molecule has 0 bridgehead atoms. The largest absolute Gasteiger partial charge is 0.496 e. The third-order valence-corrected chi connectivity index (χ3v) is 8.89. The second-order valence-corrected chi connectivity index (χ2v) is 12.0. The number of nitrogens with zero attached hydrogens (tertiary/aromatic N) is 4. The molecule has 1 atom stereocenters. The van der Waals surface area contributed by atoms with E-state index in [1.807, 2.05) is 43.5 Å². The van der Waals surface area contributed by atoms with E-state index in [0.717, 1.165) is 74.8 Å². The van der Waals surface area contributed by atoms with Crippen molar-refractivity contribution in [2.45, 2.75) is 70.8 Å². The lowest BCUT2D eigenvalue weighted by atomic mass is 9.76. The van der Waals surface area contributed by atoms with Crippen molar-refractivity contribution in [1.82, 2.24) is 20.2 Å². The maximum Gasteiger partial charge on any atom is 0.265 e. The predicted molar refractivity (Wildman–Crippen MR) is 167 cm³/mol. The highest BCUT2D eigenvalue weighted by Gasteiger charge is 2.40. The number of carbonyl (C=O) groups is 2. The van der Waals surface area contributed by atoms with Gasteiger partial charge in [-0.25, -0.2) is 4.98 Å². The number of Topliss-reactive ketones (excluding diaryl/α,β-unsaturated/α-hetero) is 1. The molecule has 0 radical (unpaired) electrons. The van der Waals surface area contributed by atoms with E-state index >= 15 is 0 Å². The lowest BCUT2D eigenvalue weighted by molar-refractivity contribution is -0.119. The van der Waals surface area contributed by atoms with Gasteiger partial charge in [0.05, 0.1) is 18.9 Å². The number of methoxy groups -OCH3 is 1. The van der Waals surface area contributed by atoms with Gasteiger partial charge in [-0.3, -0.25) is 19.6 Å². The summed E-state index contributed by atoms with van der Waals surface area (Å²) in [5.74, 6) is 1.83. The Morgan fingerprint density at radius 2 is 1.95 bits per heavy atom. The van der Waals surface area contributed by atoms with Gasteiger partial charge in [0, 0.05) is 43.8 Å². The molecular weight excluding hydrogens is 542 g/mol. The molecular formula is C34H43N5O4. The van der Waals surface area contributed by atoms with Crippen molar-refractivity contribution in [3.8, 4) is 28.2 Å². The molecule has 1 spiro atoms. The highest BCUT2D eigenvalue weighted by Crippen LogP contribution is 2.39. The Balaban J connectivity index is 1.31. The number of aromatic nitrogens is 2. The normalized spacial score (nSPS) is 17.0. The molecule has 0 unspecified atom stereocenters. The molecule has 1 N–H and O–H groups in total. The number of likely N-dealkylation sites (tertiary alicyclic amines) is 1. The van der Waals surface area contributed by atoms with Gasteiger partial charge >= 0.3 is 0 Å². The third kappa shape index (κ3) is 7.57. The van der Waals surface area contributed by atoms with Gasteiger partial charge in [-0.1, -0.05) is 31.9 Å². The Kier molecular flexibility index (Phi) is 10.0. The molecule has 43 heavy (non-hydrogen) atoms. The number of unbranched alkanes of at least 4 members (excludes halogenated alkanes) is 2. The molecule has 3 aromatic rings. The Morgan fingerprint density at radius 1 is 1.12 bits per heavy atom. The molecule has 5 rings (SSSR count). The number of aliphatic imine (C=N–C) groups is 1. The van der Waals surface area contributed by atoms with Crippen molar-refractivity contribution in [3.63, 3.8) is 0 Å². The molecule has 9 heteroatoms. The number of oxazole rings is 1. The van der Waals surface area contributed by atoms with Crippen LogP contribution >= 0.6 is 0 Å². The van der Waals surface area contributed by atoms with Crippen molar-refractivity contribution in [3.05, 3.63) is 54.8 Å². The van der Waals surface area contributed by atoms with Crippen LogP contribution < -0.4 is 10.1 Å². The molecule has 1 aromatic carbocycles. The zero-order chi connectivity index (χ0) is 30.2. The molecule has 1 fully saturated rings. The number of hydrogen-bond acceptors (Lipinski definition) is 8. The average Bonchev–Trinajstić information content (AvgIpc) is 3.70. The summed E-state index contributed by atoms with van der Waals surface area (Å²) in [5, 5.41) is 3.20. The van der Waals surface area contributed by atoms with Crippen molar-refractivity contribution in [2.24, 2.45) is 10.4 Å². The van der Waals surface area contributed by atoms with Crippen molar-refractivity contribution in [1.29, 1.82) is 0 Å². The standard InChI is InChI=1S/C34H43N5O4/c1-4-26(40)10-6-5-7-11-28(38-32(41)29-20-34(23-37-29)14-17-39(2)18-15-34)33-36-22-31(43-33)27-13-12-24(19-30(27)42-3)25-9-8-16-35-21-25/h8-9,12-13,16,19,21-22,28H,4-7,10-11,14-15,17-18,20,23H2,1-3H3,(H,38,41)/t28-/m0/s1. The average molecular weight is 586 g/mol. The van der Waals surface area contributed by atoms with Crippen LogP contribution in [-0.2, 0) is 9.59 Å². The number of benzene rings is 1. The van der Waals surface area contributed by atoms with Crippen LogP contribution in [0.3, 0.4) is 0 Å². The van der Waals surface area contributed by atoms with E-state index in [0.29, 0.717) is 42.4 Å². The van der Waals surface area contributed by atoms with Gasteiger partial charge in [-0.15, -0.1) is 0 Å². The number of nitrogens with one attached hydrogen (secondary N) is 1. The van der Waals surface area contributed by atoms with Crippen LogP contribution in [-0.4, -0.2) is 66.1 Å². The number of hydrogen-bond donors (Lipinski definition) is 1. The first-order chi connectivity index (χ1) is 20.9. The minimum absolute atomic E-state index is 0.106. The molecule has 2 aromatic heterocycles. The van der Waals surface area contributed by atoms with Crippen LogP contribution in [0.15, 0.2) is 58.3 Å². The summed E-state index contributed by atoms with van der Waals surface area (Å²) < 4.78 is 12.0. The number of ether oxygens (including phenoxy) is 1. The number of piperidine rings is 1. The van der Waals surface area contributed by atoms with Gasteiger partial charge in [-0.2, -0.15) is 0 Å². The maximum atomic E-state index is 13.5. The number of pyridine rings is 1. The van der Waals surface area contributed by atoms with E-state index in [1.165, 1.54) is 0 Å². The van der Waals surface area contributed by atoms with Crippen LogP contribution in [0.1, 0.15) is 76.6 Å². The Bertz CT molecular complexity index is 1430. The second kappa shape index (κ2) is 14.1. The number of carbonyl (C=O) groups excluding carboxylic acids is 2. The van der Waals surface area contributed by atoms with Crippen LogP contribution in [0.4, 0.5) is 0 Å². The number of ketones is 1. The van der Waals surface area contributed by atoms with Crippen LogP contribution in [0.5, 0.6) is 5.75 Å². The van der Waals surface area contributed by atoms with Gasteiger partial charge in [-0.05, 0) is 75.0 Å². The van der Waals surface area contributed by atoms with Gasteiger partial charge in [0.2, 0.25) is 5.89 Å². The van der Waals surface area contributed by atoms with Gasteiger partial charge < -0.3 is 19.4 Å². The molecule has 9 nitrogen and oxygen atoms in total. The molecule has 0 aliphatic carbocycles. The highest BCUT2D eigenvalue weighted by molar-refractivity contribution is 6.39. The maximum absolute atomic E-state index is 13.5.